The van der Waals surface area contributed by atoms with Gasteiger partial charge in [-0.3, -0.25) is 4.79 Å². The van der Waals surface area contributed by atoms with Gasteiger partial charge in [0.1, 0.15) is 5.82 Å². The summed E-state index contributed by atoms with van der Waals surface area (Å²) in [5.41, 5.74) is 1.06. The molecule has 3 nitrogen and oxygen atoms in total. The molecule has 0 aromatic carbocycles. The fraction of sp³-hybridized carbons (Fsp3) is 0.714. The van der Waals surface area contributed by atoms with Crippen molar-refractivity contribution in [1.29, 1.82) is 0 Å². The van der Waals surface area contributed by atoms with Crippen LogP contribution in [0.1, 0.15) is 56.5 Å². The molecule has 2 fully saturated rings. The summed E-state index contributed by atoms with van der Waals surface area (Å²) in [5, 5.41) is 0. The average Bonchev–Trinajstić information content (AvgIpc) is 2.97. The first-order chi connectivity index (χ1) is 8.69. The van der Waals surface area contributed by atoms with E-state index in [9.17, 15) is 4.79 Å². The van der Waals surface area contributed by atoms with Crippen molar-refractivity contribution < 1.29 is 0 Å². The van der Waals surface area contributed by atoms with Crippen molar-refractivity contribution in [2.24, 2.45) is 11.8 Å². The van der Waals surface area contributed by atoms with Crippen LogP contribution in [0, 0.1) is 15.4 Å². The van der Waals surface area contributed by atoms with Crippen molar-refractivity contribution in [3.05, 3.63) is 25.4 Å². The van der Waals surface area contributed by atoms with E-state index in [-0.39, 0.29) is 5.56 Å². The number of aryl methyl sites for hydroxylation is 1. The largest absolute Gasteiger partial charge is 0.309 e. The van der Waals surface area contributed by atoms with Gasteiger partial charge >= 0.3 is 0 Å². The maximum absolute atomic E-state index is 12.0. The first-order valence-electron chi connectivity index (χ1n) is 6.97. The molecule has 0 spiro atoms. The number of H-pyrrole nitrogens is 1. The zero-order valence-electron chi connectivity index (χ0n) is 10.7. The number of aromatic amines is 1. The third-order valence-electron chi connectivity index (χ3n) is 4.53. The van der Waals surface area contributed by atoms with E-state index in [1.807, 2.05) is 0 Å². The number of aromatic nitrogens is 2. The van der Waals surface area contributed by atoms with E-state index in [4.69, 9.17) is 4.98 Å². The quantitative estimate of drug-likeness (QED) is 0.844. The Morgan fingerprint density at radius 1 is 1.39 bits per heavy atom. The minimum atomic E-state index is 0.0619. The molecule has 98 valence electrons. The molecular weight excluding hydrogens is 339 g/mol. The van der Waals surface area contributed by atoms with E-state index in [2.05, 4.69) is 34.5 Å². The molecule has 18 heavy (non-hydrogen) atoms. The van der Waals surface area contributed by atoms with Crippen molar-refractivity contribution in [3.8, 4) is 0 Å². The molecule has 1 aromatic rings. The second-order valence-corrected chi connectivity index (χ2v) is 6.82. The Hall–Kier alpha value is -0.390. The summed E-state index contributed by atoms with van der Waals surface area (Å²) in [5.74, 6) is 3.15. The third kappa shape index (κ3) is 2.12. The molecule has 1 N–H and O–H groups in total. The van der Waals surface area contributed by atoms with Gasteiger partial charge < -0.3 is 4.98 Å². The highest BCUT2D eigenvalue weighted by Crippen LogP contribution is 2.51. The van der Waals surface area contributed by atoms with Gasteiger partial charge in [0.15, 0.2) is 0 Å². The molecule has 3 atom stereocenters. The number of nitrogens with one attached hydrogen (secondary N) is 1. The fourth-order valence-electron chi connectivity index (χ4n) is 3.68. The smallest absolute Gasteiger partial charge is 0.264 e. The molecule has 2 aliphatic rings. The van der Waals surface area contributed by atoms with E-state index in [0.29, 0.717) is 5.92 Å². The summed E-state index contributed by atoms with van der Waals surface area (Å²) in [6.45, 7) is 2.14. The number of fused-ring (bicyclic) bond motifs is 2. The first-order valence-corrected chi connectivity index (χ1v) is 8.05. The molecule has 0 amide bonds. The molecule has 2 aliphatic carbocycles. The van der Waals surface area contributed by atoms with Gasteiger partial charge in [-0.2, -0.15) is 0 Å². The summed E-state index contributed by atoms with van der Waals surface area (Å²) in [6, 6.07) is 0. The molecule has 3 rings (SSSR count). The molecule has 0 radical (unpaired) electrons. The number of hydrogen-bond donors (Lipinski definition) is 1. The highest BCUT2D eigenvalue weighted by atomic mass is 127. The summed E-state index contributed by atoms with van der Waals surface area (Å²) in [7, 11) is 0. The predicted octanol–water partition coefficient (Wildman–Crippen LogP) is 3.23. The lowest BCUT2D eigenvalue weighted by Crippen LogP contribution is -2.22. The van der Waals surface area contributed by atoms with Crippen LogP contribution in [0.15, 0.2) is 4.79 Å². The predicted molar refractivity (Wildman–Crippen MR) is 79.8 cm³/mol. The van der Waals surface area contributed by atoms with Crippen molar-refractivity contribution in [3.63, 3.8) is 0 Å². The fourth-order valence-corrected chi connectivity index (χ4v) is 4.21. The van der Waals surface area contributed by atoms with Gasteiger partial charge in [-0.15, -0.1) is 0 Å². The van der Waals surface area contributed by atoms with E-state index in [1.54, 1.807) is 0 Å². The van der Waals surface area contributed by atoms with Gasteiger partial charge in [0, 0.05) is 5.92 Å². The van der Waals surface area contributed by atoms with E-state index in [1.165, 1.54) is 25.7 Å². The normalized spacial score (nSPS) is 30.0. The lowest BCUT2D eigenvalue weighted by atomic mass is 9.88. The van der Waals surface area contributed by atoms with Crippen LogP contribution in [0.25, 0.3) is 0 Å². The molecule has 0 aliphatic heterocycles. The number of rotatable bonds is 3. The van der Waals surface area contributed by atoms with E-state index < -0.39 is 0 Å². The monoisotopic (exact) mass is 358 g/mol. The highest BCUT2D eigenvalue weighted by Gasteiger charge is 2.41. The zero-order chi connectivity index (χ0) is 12.7. The van der Waals surface area contributed by atoms with Gasteiger partial charge in [0.05, 0.1) is 9.26 Å². The Labute approximate surface area is 121 Å². The standard InChI is InChI=1S/C14H19IN2O/c1-2-3-11-12(15)14(18)17-13(16-11)10-7-8-4-5-9(10)6-8/h8-10H,2-7H2,1H3,(H,16,17,18). The maximum Gasteiger partial charge on any atom is 0.264 e. The topological polar surface area (TPSA) is 45.8 Å². The number of nitrogens with zero attached hydrogens (tertiary/aromatic N) is 1. The van der Waals surface area contributed by atoms with Crippen LogP contribution in [0.3, 0.4) is 0 Å². The van der Waals surface area contributed by atoms with Crippen LogP contribution in [0.4, 0.5) is 0 Å². The molecule has 4 heteroatoms. The Morgan fingerprint density at radius 2 is 2.22 bits per heavy atom. The molecular formula is C14H19IN2O. The Morgan fingerprint density at radius 3 is 2.83 bits per heavy atom. The summed E-state index contributed by atoms with van der Waals surface area (Å²) < 4.78 is 0.779. The van der Waals surface area contributed by atoms with Gasteiger partial charge in [0.25, 0.3) is 5.56 Å². The molecule has 2 saturated carbocycles. The van der Waals surface area contributed by atoms with E-state index >= 15 is 0 Å². The number of halogens is 1. The van der Waals surface area contributed by atoms with Crippen molar-refractivity contribution in [2.75, 3.05) is 0 Å². The SMILES string of the molecule is CCCc1nc(C2CC3CCC2C3)[nH]c(=O)c1I. The minimum absolute atomic E-state index is 0.0619. The first kappa shape index (κ1) is 12.6. The number of hydrogen-bond acceptors (Lipinski definition) is 2. The van der Waals surface area contributed by atoms with Crippen LogP contribution in [-0.2, 0) is 6.42 Å². The lowest BCUT2D eigenvalue weighted by molar-refractivity contribution is 0.403. The summed E-state index contributed by atoms with van der Waals surface area (Å²) >= 11 is 2.13. The Bertz CT molecular complexity index is 511. The molecule has 0 saturated heterocycles. The lowest BCUT2D eigenvalue weighted by Gasteiger charge is -2.21. The van der Waals surface area contributed by atoms with Crippen molar-refractivity contribution in [2.45, 2.75) is 51.4 Å². The zero-order valence-corrected chi connectivity index (χ0v) is 12.9. The Kier molecular flexibility index (Phi) is 3.47. The van der Waals surface area contributed by atoms with Crippen molar-refractivity contribution >= 4 is 22.6 Å². The molecule has 1 aromatic heterocycles. The maximum atomic E-state index is 12.0. The molecule has 3 unspecified atom stereocenters. The van der Waals surface area contributed by atoms with Crippen LogP contribution >= 0.6 is 22.6 Å². The second-order valence-electron chi connectivity index (χ2n) is 5.74. The average molecular weight is 358 g/mol. The third-order valence-corrected chi connectivity index (χ3v) is 5.64. The van der Waals surface area contributed by atoms with Crippen molar-refractivity contribution in [1.82, 2.24) is 9.97 Å². The van der Waals surface area contributed by atoms with Crippen LogP contribution in [-0.4, -0.2) is 9.97 Å². The van der Waals surface area contributed by atoms with Gasteiger partial charge in [-0.1, -0.05) is 19.8 Å². The Balaban J connectivity index is 1.95. The van der Waals surface area contributed by atoms with Gasteiger partial charge in [0.2, 0.25) is 0 Å². The second kappa shape index (κ2) is 4.94. The van der Waals surface area contributed by atoms with Crippen LogP contribution in [0.2, 0.25) is 0 Å². The highest BCUT2D eigenvalue weighted by molar-refractivity contribution is 14.1. The van der Waals surface area contributed by atoms with Crippen LogP contribution in [0.5, 0.6) is 0 Å². The molecule has 1 heterocycles. The summed E-state index contributed by atoms with van der Waals surface area (Å²) in [6.07, 6.45) is 7.26. The molecule has 2 bridgehead atoms. The van der Waals surface area contributed by atoms with Gasteiger partial charge in [-0.05, 0) is 60.1 Å². The van der Waals surface area contributed by atoms with Crippen LogP contribution < -0.4 is 5.56 Å². The summed E-state index contributed by atoms with van der Waals surface area (Å²) in [4.78, 5) is 19.8. The minimum Gasteiger partial charge on any atom is -0.309 e. The van der Waals surface area contributed by atoms with Gasteiger partial charge in [-0.25, -0.2) is 4.98 Å². The van der Waals surface area contributed by atoms with E-state index in [0.717, 1.165) is 39.8 Å².